The largest absolute Gasteiger partial charge is 0.329 e. The number of nitrogens with two attached hydrogens (primary N) is 1. The third-order valence-corrected chi connectivity index (χ3v) is 1.86. The molecule has 1 rings (SSSR count). The molecule has 1 aromatic rings. The molecular formula is C9H13FN2. The van der Waals surface area contributed by atoms with E-state index in [0.29, 0.717) is 6.54 Å². The molecule has 0 amide bonds. The van der Waals surface area contributed by atoms with Gasteiger partial charge < -0.3 is 11.1 Å². The van der Waals surface area contributed by atoms with Gasteiger partial charge in [-0.3, -0.25) is 0 Å². The zero-order chi connectivity index (χ0) is 8.97. The summed E-state index contributed by atoms with van der Waals surface area (Å²) < 4.78 is 12.5. The zero-order valence-corrected chi connectivity index (χ0v) is 7.05. The van der Waals surface area contributed by atoms with Crippen LogP contribution in [0.3, 0.4) is 0 Å². The first-order chi connectivity index (χ1) is 5.77. The highest BCUT2D eigenvalue weighted by Crippen LogP contribution is 2.11. The number of benzene rings is 1. The summed E-state index contributed by atoms with van der Waals surface area (Å²) in [5.74, 6) is -0.217. The lowest BCUT2D eigenvalue weighted by atomic mass is 10.1. The van der Waals surface area contributed by atoms with Crippen molar-refractivity contribution in [2.45, 2.75) is 6.04 Å². The average molecular weight is 168 g/mol. The number of halogens is 1. The fourth-order valence-electron chi connectivity index (χ4n) is 1.12. The maximum Gasteiger partial charge on any atom is 0.123 e. The number of hydrogen-bond donors (Lipinski definition) is 2. The van der Waals surface area contributed by atoms with Gasteiger partial charge in [-0.2, -0.15) is 0 Å². The van der Waals surface area contributed by atoms with Crippen LogP contribution in [0.5, 0.6) is 0 Å². The topological polar surface area (TPSA) is 38.0 Å². The van der Waals surface area contributed by atoms with Crippen molar-refractivity contribution in [2.24, 2.45) is 5.73 Å². The molecule has 66 valence electrons. The van der Waals surface area contributed by atoms with Gasteiger partial charge in [0, 0.05) is 12.6 Å². The molecular weight excluding hydrogens is 155 g/mol. The van der Waals surface area contributed by atoms with E-state index in [1.165, 1.54) is 12.1 Å². The van der Waals surface area contributed by atoms with Crippen molar-refractivity contribution < 1.29 is 4.39 Å². The number of hydrogen-bond acceptors (Lipinski definition) is 2. The Morgan fingerprint density at radius 1 is 1.42 bits per heavy atom. The molecule has 0 saturated carbocycles. The normalized spacial score (nSPS) is 12.9. The molecule has 0 bridgehead atoms. The van der Waals surface area contributed by atoms with E-state index in [-0.39, 0.29) is 11.9 Å². The summed E-state index contributed by atoms with van der Waals surface area (Å²) in [7, 11) is 1.83. The van der Waals surface area contributed by atoms with Crippen LogP contribution in [0.25, 0.3) is 0 Å². The van der Waals surface area contributed by atoms with Crippen LogP contribution in [0.2, 0.25) is 0 Å². The Hall–Kier alpha value is -0.930. The standard InChI is InChI=1S/C9H13FN2/c1-12-9(6-11)7-2-4-8(10)5-3-7/h2-5,9,12H,6,11H2,1H3/t9-/m0/s1. The van der Waals surface area contributed by atoms with Gasteiger partial charge in [0.25, 0.3) is 0 Å². The molecule has 0 saturated heterocycles. The lowest BCUT2D eigenvalue weighted by Gasteiger charge is -2.13. The molecule has 0 unspecified atom stereocenters. The summed E-state index contributed by atoms with van der Waals surface area (Å²) >= 11 is 0. The van der Waals surface area contributed by atoms with E-state index in [0.717, 1.165) is 5.56 Å². The summed E-state index contributed by atoms with van der Waals surface area (Å²) in [5.41, 5.74) is 6.51. The SMILES string of the molecule is CN[C@@H](CN)c1ccc(F)cc1. The molecule has 0 spiro atoms. The maximum absolute atomic E-state index is 12.5. The van der Waals surface area contributed by atoms with Gasteiger partial charge in [0.15, 0.2) is 0 Å². The fourth-order valence-corrected chi connectivity index (χ4v) is 1.12. The predicted molar refractivity (Wildman–Crippen MR) is 47.3 cm³/mol. The second-order valence-electron chi connectivity index (χ2n) is 2.63. The minimum Gasteiger partial charge on any atom is -0.329 e. The van der Waals surface area contributed by atoms with Crippen LogP contribution in [0.15, 0.2) is 24.3 Å². The molecule has 1 aromatic carbocycles. The molecule has 12 heavy (non-hydrogen) atoms. The number of rotatable bonds is 3. The first-order valence-corrected chi connectivity index (χ1v) is 3.90. The van der Waals surface area contributed by atoms with Crippen LogP contribution < -0.4 is 11.1 Å². The molecule has 3 N–H and O–H groups in total. The Labute approximate surface area is 71.6 Å². The molecule has 3 heteroatoms. The first-order valence-electron chi connectivity index (χ1n) is 3.90. The van der Waals surface area contributed by atoms with Crippen molar-refractivity contribution in [3.05, 3.63) is 35.6 Å². The van der Waals surface area contributed by atoms with E-state index in [2.05, 4.69) is 5.32 Å². The predicted octanol–water partition coefficient (Wildman–Crippen LogP) is 1.04. The molecule has 0 fully saturated rings. The lowest BCUT2D eigenvalue weighted by molar-refractivity contribution is 0.597. The third-order valence-electron chi connectivity index (χ3n) is 1.86. The average Bonchev–Trinajstić information content (AvgIpc) is 2.10. The second kappa shape index (κ2) is 4.18. The van der Waals surface area contributed by atoms with Crippen molar-refractivity contribution >= 4 is 0 Å². The maximum atomic E-state index is 12.5. The van der Waals surface area contributed by atoms with E-state index in [9.17, 15) is 4.39 Å². The Balaban J connectivity index is 2.80. The quantitative estimate of drug-likeness (QED) is 0.707. The molecule has 1 atom stereocenters. The summed E-state index contributed by atoms with van der Waals surface area (Å²) in [6.45, 7) is 0.516. The smallest absolute Gasteiger partial charge is 0.123 e. The summed E-state index contributed by atoms with van der Waals surface area (Å²) in [6.07, 6.45) is 0. The lowest BCUT2D eigenvalue weighted by Crippen LogP contribution is -2.24. The molecule has 2 nitrogen and oxygen atoms in total. The minimum absolute atomic E-state index is 0.116. The van der Waals surface area contributed by atoms with E-state index >= 15 is 0 Å². The first kappa shape index (κ1) is 9.16. The summed E-state index contributed by atoms with van der Waals surface area (Å²) in [6, 6.07) is 6.47. The van der Waals surface area contributed by atoms with Crippen LogP contribution in [0.4, 0.5) is 4.39 Å². The Morgan fingerprint density at radius 2 is 2.00 bits per heavy atom. The van der Waals surface area contributed by atoms with E-state index in [1.54, 1.807) is 12.1 Å². The van der Waals surface area contributed by atoms with Crippen LogP contribution in [-0.4, -0.2) is 13.6 Å². The molecule has 0 aromatic heterocycles. The number of nitrogens with one attached hydrogen (secondary N) is 1. The van der Waals surface area contributed by atoms with E-state index in [4.69, 9.17) is 5.73 Å². The molecule has 0 heterocycles. The number of likely N-dealkylation sites (N-methyl/N-ethyl adjacent to an activating group) is 1. The zero-order valence-electron chi connectivity index (χ0n) is 7.05. The second-order valence-corrected chi connectivity index (χ2v) is 2.63. The van der Waals surface area contributed by atoms with Gasteiger partial charge in [-0.25, -0.2) is 4.39 Å². The Bertz CT molecular complexity index is 229. The van der Waals surface area contributed by atoms with Crippen molar-refractivity contribution in [3.8, 4) is 0 Å². The van der Waals surface area contributed by atoms with Gasteiger partial charge in [0.1, 0.15) is 5.82 Å². The van der Waals surface area contributed by atoms with Gasteiger partial charge in [0.05, 0.1) is 0 Å². The minimum atomic E-state index is -0.217. The molecule has 0 radical (unpaired) electrons. The van der Waals surface area contributed by atoms with Crippen molar-refractivity contribution in [1.29, 1.82) is 0 Å². The monoisotopic (exact) mass is 168 g/mol. The van der Waals surface area contributed by atoms with Gasteiger partial charge in [0.2, 0.25) is 0 Å². The van der Waals surface area contributed by atoms with Crippen molar-refractivity contribution in [3.63, 3.8) is 0 Å². The third kappa shape index (κ3) is 2.03. The Kier molecular flexibility index (Phi) is 3.19. The van der Waals surface area contributed by atoms with Crippen molar-refractivity contribution in [2.75, 3.05) is 13.6 Å². The molecule has 0 aliphatic rings. The Morgan fingerprint density at radius 3 is 2.42 bits per heavy atom. The van der Waals surface area contributed by atoms with Gasteiger partial charge in [-0.15, -0.1) is 0 Å². The van der Waals surface area contributed by atoms with E-state index in [1.807, 2.05) is 7.05 Å². The van der Waals surface area contributed by atoms with Crippen LogP contribution >= 0.6 is 0 Å². The summed E-state index contributed by atoms with van der Waals surface area (Å²) in [5, 5.41) is 3.04. The molecule has 0 aliphatic carbocycles. The highest BCUT2D eigenvalue weighted by Gasteiger charge is 2.05. The van der Waals surface area contributed by atoms with E-state index < -0.39 is 0 Å². The fraction of sp³-hybridized carbons (Fsp3) is 0.333. The van der Waals surface area contributed by atoms with Crippen LogP contribution in [0.1, 0.15) is 11.6 Å². The van der Waals surface area contributed by atoms with Gasteiger partial charge in [-0.05, 0) is 24.7 Å². The summed E-state index contributed by atoms with van der Waals surface area (Å²) in [4.78, 5) is 0. The molecule has 0 aliphatic heterocycles. The highest BCUT2D eigenvalue weighted by molar-refractivity contribution is 5.19. The highest BCUT2D eigenvalue weighted by atomic mass is 19.1. The van der Waals surface area contributed by atoms with Crippen molar-refractivity contribution in [1.82, 2.24) is 5.32 Å². The van der Waals surface area contributed by atoms with Crippen LogP contribution in [0, 0.1) is 5.82 Å². The van der Waals surface area contributed by atoms with Gasteiger partial charge >= 0.3 is 0 Å². The van der Waals surface area contributed by atoms with Gasteiger partial charge in [-0.1, -0.05) is 12.1 Å². The van der Waals surface area contributed by atoms with Crippen LogP contribution in [-0.2, 0) is 0 Å².